The molecule has 1 aromatic rings. The van der Waals surface area contributed by atoms with Crippen molar-refractivity contribution >= 4 is 11.6 Å². The van der Waals surface area contributed by atoms with Gasteiger partial charge < -0.3 is 10.6 Å². The van der Waals surface area contributed by atoms with Crippen molar-refractivity contribution in [1.29, 1.82) is 0 Å². The molecule has 0 bridgehead atoms. The molecule has 17 heavy (non-hydrogen) atoms. The number of amides is 1. The Morgan fingerprint density at radius 2 is 2.12 bits per heavy atom. The third kappa shape index (κ3) is 3.86. The number of rotatable bonds is 5. The van der Waals surface area contributed by atoms with E-state index in [2.05, 4.69) is 16.7 Å². The van der Waals surface area contributed by atoms with Gasteiger partial charge in [0.05, 0.1) is 6.54 Å². The molecule has 1 amide bonds. The van der Waals surface area contributed by atoms with Crippen molar-refractivity contribution in [3.05, 3.63) is 29.3 Å². The van der Waals surface area contributed by atoms with Crippen LogP contribution in [0, 0.1) is 19.8 Å². The number of benzene rings is 1. The molecule has 0 unspecified atom stereocenters. The predicted molar refractivity (Wildman–Crippen MR) is 70.1 cm³/mol. The van der Waals surface area contributed by atoms with Gasteiger partial charge in [-0.25, -0.2) is 0 Å². The Kier molecular flexibility index (Phi) is 3.79. The van der Waals surface area contributed by atoms with Crippen LogP contribution in [0.15, 0.2) is 18.2 Å². The van der Waals surface area contributed by atoms with Crippen LogP contribution in [0.4, 0.5) is 5.69 Å². The molecule has 1 saturated carbocycles. The van der Waals surface area contributed by atoms with Crippen LogP contribution in [0.1, 0.15) is 24.0 Å². The van der Waals surface area contributed by atoms with Crippen LogP contribution >= 0.6 is 0 Å². The average molecular weight is 232 g/mol. The molecule has 0 saturated heterocycles. The second-order valence-electron chi connectivity index (χ2n) is 4.94. The lowest BCUT2D eigenvalue weighted by Crippen LogP contribution is -2.29. The molecule has 3 heteroatoms. The Balaban J connectivity index is 1.81. The molecule has 0 aliphatic heterocycles. The molecule has 92 valence electrons. The van der Waals surface area contributed by atoms with E-state index in [4.69, 9.17) is 0 Å². The Bertz CT molecular complexity index is 411. The zero-order valence-corrected chi connectivity index (χ0v) is 10.5. The van der Waals surface area contributed by atoms with Crippen molar-refractivity contribution < 1.29 is 4.79 Å². The zero-order chi connectivity index (χ0) is 12.3. The number of carbonyl (C=O) groups excluding carboxylic acids is 1. The molecule has 0 spiro atoms. The molecular weight excluding hydrogens is 212 g/mol. The van der Waals surface area contributed by atoms with Crippen molar-refractivity contribution in [3.63, 3.8) is 0 Å². The first-order valence-corrected chi connectivity index (χ1v) is 6.23. The molecule has 2 N–H and O–H groups in total. The van der Waals surface area contributed by atoms with Crippen molar-refractivity contribution in [2.75, 3.05) is 18.4 Å². The molecular formula is C14H20N2O. The molecule has 1 fully saturated rings. The fraction of sp³-hybridized carbons (Fsp3) is 0.500. The van der Waals surface area contributed by atoms with Gasteiger partial charge in [-0.3, -0.25) is 4.79 Å². The van der Waals surface area contributed by atoms with E-state index >= 15 is 0 Å². The smallest absolute Gasteiger partial charge is 0.238 e. The highest BCUT2D eigenvalue weighted by atomic mass is 16.1. The Labute approximate surface area is 103 Å². The van der Waals surface area contributed by atoms with Crippen molar-refractivity contribution in [1.82, 2.24) is 5.32 Å². The summed E-state index contributed by atoms with van der Waals surface area (Å²) in [6, 6.07) is 6.09. The first-order chi connectivity index (χ1) is 8.15. The summed E-state index contributed by atoms with van der Waals surface area (Å²) in [5, 5.41) is 6.13. The summed E-state index contributed by atoms with van der Waals surface area (Å²) in [6.45, 7) is 5.41. The Hall–Kier alpha value is -1.35. The number of hydrogen-bond acceptors (Lipinski definition) is 2. The highest BCUT2D eigenvalue weighted by molar-refractivity contribution is 5.93. The highest BCUT2D eigenvalue weighted by Gasteiger charge is 2.20. The first kappa shape index (κ1) is 12.1. The summed E-state index contributed by atoms with van der Waals surface area (Å²) in [5.74, 6) is 0.850. The summed E-state index contributed by atoms with van der Waals surface area (Å²) >= 11 is 0. The number of nitrogens with one attached hydrogen (secondary N) is 2. The molecule has 3 nitrogen and oxygen atoms in total. The third-order valence-electron chi connectivity index (χ3n) is 3.08. The minimum Gasteiger partial charge on any atom is -0.325 e. The van der Waals surface area contributed by atoms with Gasteiger partial charge in [0.1, 0.15) is 0 Å². The SMILES string of the molecule is Cc1ccc(C)c(NC(=O)CNCC2CC2)c1. The standard InChI is InChI=1S/C14H20N2O/c1-10-3-4-11(2)13(7-10)16-14(17)9-15-8-12-5-6-12/h3-4,7,12,15H,5-6,8-9H2,1-2H3,(H,16,17). The summed E-state index contributed by atoms with van der Waals surface area (Å²) in [7, 11) is 0. The highest BCUT2D eigenvalue weighted by Crippen LogP contribution is 2.27. The van der Waals surface area contributed by atoms with Crippen LogP contribution < -0.4 is 10.6 Å². The maximum Gasteiger partial charge on any atom is 0.238 e. The van der Waals surface area contributed by atoms with Crippen molar-refractivity contribution in [2.24, 2.45) is 5.92 Å². The van der Waals surface area contributed by atoms with E-state index < -0.39 is 0 Å². The number of hydrogen-bond donors (Lipinski definition) is 2. The lowest BCUT2D eigenvalue weighted by molar-refractivity contribution is -0.115. The van der Waals surface area contributed by atoms with Gasteiger partial charge in [0.2, 0.25) is 5.91 Å². The summed E-state index contributed by atoms with van der Waals surface area (Å²) < 4.78 is 0. The van der Waals surface area contributed by atoms with Crippen LogP contribution in [0.5, 0.6) is 0 Å². The summed E-state index contributed by atoms with van der Waals surface area (Å²) in [4.78, 5) is 11.7. The van der Waals surface area contributed by atoms with E-state index in [1.165, 1.54) is 12.8 Å². The lowest BCUT2D eigenvalue weighted by Gasteiger charge is -2.09. The zero-order valence-electron chi connectivity index (χ0n) is 10.5. The maximum atomic E-state index is 11.7. The van der Waals surface area contributed by atoms with Crippen LogP contribution in [0.3, 0.4) is 0 Å². The molecule has 1 aromatic carbocycles. The molecule has 0 aromatic heterocycles. The van der Waals surface area contributed by atoms with Crippen molar-refractivity contribution in [2.45, 2.75) is 26.7 Å². The van der Waals surface area contributed by atoms with Crippen LogP contribution in [0.25, 0.3) is 0 Å². The van der Waals surface area contributed by atoms with Gasteiger partial charge in [-0.2, -0.15) is 0 Å². The molecule has 0 heterocycles. The van der Waals surface area contributed by atoms with E-state index in [1.807, 2.05) is 26.0 Å². The van der Waals surface area contributed by atoms with Gasteiger partial charge in [0.15, 0.2) is 0 Å². The fourth-order valence-electron chi connectivity index (χ4n) is 1.78. The predicted octanol–water partition coefficient (Wildman–Crippen LogP) is 2.24. The normalized spacial score (nSPS) is 14.7. The number of aryl methyl sites for hydroxylation is 2. The minimum atomic E-state index is 0.0411. The van der Waals surface area contributed by atoms with Gasteiger partial charge in [0.25, 0.3) is 0 Å². The first-order valence-electron chi connectivity index (χ1n) is 6.23. The van der Waals surface area contributed by atoms with Gasteiger partial charge in [-0.15, -0.1) is 0 Å². The molecule has 2 rings (SSSR count). The van der Waals surface area contributed by atoms with Crippen LogP contribution in [-0.2, 0) is 4.79 Å². The van der Waals surface area contributed by atoms with Gasteiger partial charge in [0, 0.05) is 5.69 Å². The lowest BCUT2D eigenvalue weighted by atomic mass is 10.1. The van der Waals surface area contributed by atoms with Crippen LogP contribution in [-0.4, -0.2) is 19.0 Å². The fourth-order valence-corrected chi connectivity index (χ4v) is 1.78. The summed E-state index contributed by atoms with van der Waals surface area (Å²) in [5.41, 5.74) is 3.19. The molecule has 0 radical (unpaired) electrons. The quantitative estimate of drug-likeness (QED) is 0.817. The second-order valence-corrected chi connectivity index (χ2v) is 4.94. The number of carbonyl (C=O) groups is 1. The maximum absolute atomic E-state index is 11.7. The second kappa shape index (κ2) is 5.32. The minimum absolute atomic E-state index is 0.0411. The van der Waals surface area contributed by atoms with Gasteiger partial charge >= 0.3 is 0 Å². The van der Waals surface area contributed by atoms with E-state index in [9.17, 15) is 4.79 Å². The Morgan fingerprint density at radius 3 is 2.82 bits per heavy atom. The van der Waals surface area contributed by atoms with E-state index in [0.717, 1.165) is 29.3 Å². The topological polar surface area (TPSA) is 41.1 Å². The largest absolute Gasteiger partial charge is 0.325 e. The average Bonchev–Trinajstić information content (AvgIpc) is 3.07. The summed E-state index contributed by atoms with van der Waals surface area (Å²) in [6.07, 6.45) is 2.62. The molecule has 1 aliphatic carbocycles. The monoisotopic (exact) mass is 232 g/mol. The third-order valence-corrected chi connectivity index (χ3v) is 3.08. The molecule has 0 atom stereocenters. The van der Waals surface area contributed by atoms with E-state index in [0.29, 0.717) is 6.54 Å². The van der Waals surface area contributed by atoms with Crippen molar-refractivity contribution in [3.8, 4) is 0 Å². The van der Waals surface area contributed by atoms with E-state index in [1.54, 1.807) is 0 Å². The Morgan fingerprint density at radius 1 is 1.35 bits per heavy atom. The molecule has 1 aliphatic rings. The van der Waals surface area contributed by atoms with Gasteiger partial charge in [-0.05, 0) is 56.3 Å². The van der Waals surface area contributed by atoms with Crippen LogP contribution in [0.2, 0.25) is 0 Å². The van der Waals surface area contributed by atoms with Gasteiger partial charge in [-0.1, -0.05) is 12.1 Å². The van der Waals surface area contributed by atoms with E-state index in [-0.39, 0.29) is 5.91 Å². The number of anilines is 1.